The maximum Gasteiger partial charge on any atom is 0.274 e. The number of carbonyl (C=O) groups excluding carboxylic acids is 1. The topological polar surface area (TPSA) is 124 Å². The number of nitrogens with two attached hydrogens (primary N) is 1. The Bertz CT molecular complexity index is 1150. The first-order valence-corrected chi connectivity index (χ1v) is 10.3. The Morgan fingerprint density at radius 2 is 1.87 bits per heavy atom. The molecule has 1 amide bonds. The highest BCUT2D eigenvalue weighted by molar-refractivity contribution is 5.96. The Morgan fingerprint density at radius 1 is 1.10 bits per heavy atom. The third kappa shape index (κ3) is 4.82. The molecule has 0 spiro atoms. The van der Waals surface area contributed by atoms with Crippen molar-refractivity contribution in [3.05, 3.63) is 66.0 Å². The molecule has 0 bridgehead atoms. The first-order chi connectivity index (χ1) is 15.2. The molecule has 0 aliphatic rings. The molecule has 0 saturated carbocycles. The number of aromatic nitrogens is 6. The summed E-state index contributed by atoms with van der Waals surface area (Å²) in [6.45, 7) is 6.35. The number of nitrogen functional groups attached to an aromatic ring is 1. The molecule has 0 saturated heterocycles. The van der Waals surface area contributed by atoms with Gasteiger partial charge in [-0.05, 0) is 23.4 Å². The van der Waals surface area contributed by atoms with E-state index in [1.165, 1.54) is 4.80 Å². The highest BCUT2D eigenvalue weighted by Gasteiger charge is 2.19. The number of anilines is 1. The molecule has 0 atom stereocenters. The largest absolute Gasteiger partial charge is 0.382 e. The minimum atomic E-state index is -0.381. The van der Waals surface area contributed by atoms with E-state index in [1.807, 2.05) is 45.0 Å². The second-order valence-electron chi connectivity index (χ2n) is 6.49. The van der Waals surface area contributed by atoms with E-state index in [0.29, 0.717) is 24.5 Å². The number of pyridine rings is 1. The summed E-state index contributed by atoms with van der Waals surface area (Å²) in [6, 6.07) is 7.84. The molecule has 3 aromatic heterocycles. The number of amides is 1. The first kappa shape index (κ1) is 21.8. The van der Waals surface area contributed by atoms with E-state index in [1.54, 1.807) is 24.8 Å². The van der Waals surface area contributed by atoms with Crippen LogP contribution in [0.2, 0.25) is 0 Å². The number of carbonyl (C=O) groups is 1. The molecule has 9 heteroatoms. The maximum absolute atomic E-state index is 12.8. The van der Waals surface area contributed by atoms with Gasteiger partial charge in [-0.3, -0.25) is 9.78 Å². The molecular weight excluding hydrogens is 392 g/mol. The fourth-order valence-corrected chi connectivity index (χ4v) is 3.12. The Kier molecular flexibility index (Phi) is 7.21. The predicted octanol–water partition coefficient (Wildman–Crippen LogP) is 3.10. The number of hydrogen-bond donors (Lipinski definition) is 2. The van der Waals surface area contributed by atoms with Gasteiger partial charge in [-0.15, -0.1) is 4.80 Å². The van der Waals surface area contributed by atoms with Crippen molar-refractivity contribution in [3.63, 3.8) is 0 Å². The van der Waals surface area contributed by atoms with Gasteiger partial charge >= 0.3 is 0 Å². The lowest BCUT2D eigenvalue weighted by Gasteiger charge is -2.12. The van der Waals surface area contributed by atoms with Gasteiger partial charge in [0, 0.05) is 24.3 Å². The predicted molar refractivity (Wildman–Crippen MR) is 120 cm³/mol. The lowest BCUT2D eigenvalue weighted by molar-refractivity contribution is 0.0946. The van der Waals surface area contributed by atoms with Crippen LogP contribution in [0, 0.1) is 0 Å². The van der Waals surface area contributed by atoms with Gasteiger partial charge < -0.3 is 11.1 Å². The molecule has 0 aliphatic heterocycles. The average molecular weight is 419 g/mol. The Labute approximate surface area is 180 Å². The van der Waals surface area contributed by atoms with Crippen molar-refractivity contribution in [1.29, 1.82) is 0 Å². The summed E-state index contributed by atoms with van der Waals surface area (Å²) in [5.41, 5.74) is 7.72. The molecule has 0 aliphatic carbocycles. The number of benzene rings is 1. The minimum Gasteiger partial charge on any atom is -0.382 e. The number of hydrogen-bond acceptors (Lipinski definition) is 7. The molecule has 4 rings (SSSR count). The van der Waals surface area contributed by atoms with E-state index < -0.39 is 0 Å². The van der Waals surface area contributed by atoms with Crippen LogP contribution in [0.5, 0.6) is 0 Å². The fourth-order valence-electron chi connectivity index (χ4n) is 3.12. The lowest BCUT2D eigenvalue weighted by Crippen LogP contribution is -2.27. The van der Waals surface area contributed by atoms with Crippen LogP contribution in [0.15, 0.2) is 49.1 Å². The fraction of sp³-hybridized carbons (Fsp3) is 0.273. The van der Waals surface area contributed by atoms with Crippen molar-refractivity contribution in [2.24, 2.45) is 0 Å². The van der Waals surface area contributed by atoms with E-state index in [4.69, 9.17) is 5.73 Å². The molecule has 0 unspecified atom stereocenters. The molecule has 9 nitrogen and oxygen atoms in total. The van der Waals surface area contributed by atoms with Crippen LogP contribution in [0.3, 0.4) is 0 Å². The Morgan fingerprint density at radius 3 is 2.61 bits per heavy atom. The summed E-state index contributed by atoms with van der Waals surface area (Å²) in [5, 5.41) is 13.1. The summed E-state index contributed by atoms with van der Waals surface area (Å²) in [4.78, 5) is 27.1. The number of nitrogens with zero attached hydrogens (tertiary/aromatic N) is 6. The zero-order valence-corrected chi connectivity index (χ0v) is 17.9. The van der Waals surface area contributed by atoms with Gasteiger partial charge in [0.15, 0.2) is 17.3 Å². The van der Waals surface area contributed by atoms with Crippen LogP contribution in [-0.2, 0) is 13.0 Å². The number of nitrogens with one attached hydrogen (secondary N) is 1. The van der Waals surface area contributed by atoms with Crippen molar-refractivity contribution in [2.45, 2.75) is 40.2 Å². The maximum atomic E-state index is 12.8. The van der Waals surface area contributed by atoms with Crippen molar-refractivity contribution in [1.82, 2.24) is 35.3 Å². The van der Waals surface area contributed by atoms with E-state index in [0.717, 1.165) is 22.8 Å². The SMILES string of the molecule is CC.CCCc1nc(C(=O)NCc2cccc3ccncc23)c(N)nc1-n1nccn1. The standard InChI is InChI=1S/C20H20N8O.C2H6/c1-2-4-16-19(28-24-9-10-25-28)27-18(21)17(26-16)20(29)23-11-14-6-3-5-13-7-8-22-12-15(13)14;1-2/h3,5-10,12H,2,4,11H2,1H3,(H2,21,27)(H,23,29);1-2H3. The summed E-state index contributed by atoms with van der Waals surface area (Å²) in [6.07, 6.45) is 8.08. The quantitative estimate of drug-likeness (QED) is 0.493. The summed E-state index contributed by atoms with van der Waals surface area (Å²) >= 11 is 0. The van der Waals surface area contributed by atoms with Crippen molar-refractivity contribution < 1.29 is 4.79 Å². The van der Waals surface area contributed by atoms with Crippen LogP contribution in [0.1, 0.15) is 48.9 Å². The van der Waals surface area contributed by atoms with Gasteiger partial charge in [0.1, 0.15) is 0 Å². The molecular formula is C22H26N8O. The second-order valence-corrected chi connectivity index (χ2v) is 6.49. The van der Waals surface area contributed by atoms with E-state index in [2.05, 4.69) is 30.5 Å². The Hall–Kier alpha value is -3.88. The zero-order chi connectivity index (χ0) is 22.2. The average Bonchev–Trinajstić information content (AvgIpc) is 3.34. The van der Waals surface area contributed by atoms with E-state index in [9.17, 15) is 4.79 Å². The van der Waals surface area contributed by atoms with Crippen molar-refractivity contribution in [2.75, 3.05) is 5.73 Å². The lowest BCUT2D eigenvalue weighted by atomic mass is 10.1. The molecule has 3 N–H and O–H groups in total. The second kappa shape index (κ2) is 10.2. The van der Waals surface area contributed by atoms with Gasteiger partial charge in [-0.2, -0.15) is 10.2 Å². The van der Waals surface area contributed by atoms with Crippen LogP contribution in [-0.4, -0.2) is 35.9 Å². The molecule has 31 heavy (non-hydrogen) atoms. The monoisotopic (exact) mass is 418 g/mol. The molecule has 0 fully saturated rings. The third-order valence-corrected chi connectivity index (χ3v) is 4.50. The van der Waals surface area contributed by atoms with Gasteiger partial charge in [-0.25, -0.2) is 9.97 Å². The molecule has 1 aromatic carbocycles. The van der Waals surface area contributed by atoms with Gasteiger partial charge in [0.05, 0.1) is 18.1 Å². The molecule has 160 valence electrons. The number of rotatable bonds is 6. The molecule has 0 radical (unpaired) electrons. The van der Waals surface area contributed by atoms with Gasteiger partial charge in [0.25, 0.3) is 5.91 Å². The third-order valence-electron chi connectivity index (χ3n) is 4.50. The van der Waals surface area contributed by atoms with Gasteiger partial charge in [0.2, 0.25) is 0 Å². The normalized spacial score (nSPS) is 10.4. The number of aryl methyl sites for hydroxylation is 1. The molecule has 4 aromatic rings. The van der Waals surface area contributed by atoms with E-state index in [-0.39, 0.29) is 17.4 Å². The van der Waals surface area contributed by atoms with Crippen LogP contribution >= 0.6 is 0 Å². The van der Waals surface area contributed by atoms with Crippen LogP contribution in [0.25, 0.3) is 16.6 Å². The van der Waals surface area contributed by atoms with Crippen molar-refractivity contribution in [3.8, 4) is 5.82 Å². The zero-order valence-electron chi connectivity index (χ0n) is 17.9. The highest BCUT2D eigenvalue weighted by atomic mass is 16.1. The highest BCUT2D eigenvalue weighted by Crippen LogP contribution is 2.18. The number of fused-ring (bicyclic) bond motifs is 1. The minimum absolute atomic E-state index is 0.0363. The Balaban J connectivity index is 0.00000132. The van der Waals surface area contributed by atoms with Crippen molar-refractivity contribution >= 4 is 22.5 Å². The molecule has 3 heterocycles. The summed E-state index contributed by atoms with van der Waals surface area (Å²) in [7, 11) is 0. The van der Waals surface area contributed by atoms with Crippen LogP contribution < -0.4 is 11.1 Å². The van der Waals surface area contributed by atoms with Crippen LogP contribution in [0.4, 0.5) is 5.82 Å². The smallest absolute Gasteiger partial charge is 0.274 e. The first-order valence-electron chi connectivity index (χ1n) is 10.3. The summed E-state index contributed by atoms with van der Waals surface area (Å²) < 4.78 is 0. The summed E-state index contributed by atoms with van der Waals surface area (Å²) in [5.74, 6) is 0.0912. The van der Waals surface area contributed by atoms with E-state index >= 15 is 0 Å². The van der Waals surface area contributed by atoms with Gasteiger partial charge in [-0.1, -0.05) is 45.4 Å².